The van der Waals surface area contributed by atoms with Gasteiger partial charge in [0.15, 0.2) is 12.2 Å². The number of phosphoric ester groups is 2. The van der Waals surface area contributed by atoms with Crippen LogP contribution in [-0.4, -0.2) is 96.7 Å². The predicted molar refractivity (Wildman–Crippen MR) is 432 cm³/mol. The maximum Gasteiger partial charge on any atom is 0.472 e. The van der Waals surface area contributed by atoms with Gasteiger partial charge in [-0.05, 0) is 43.4 Å². The molecule has 0 saturated carbocycles. The largest absolute Gasteiger partial charge is 0.472 e. The second-order valence-corrected chi connectivity index (χ2v) is 35.3. The molecule has 0 aromatic heterocycles. The Balaban J connectivity index is 5.22. The molecule has 0 aliphatic carbocycles. The predicted octanol–water partition coefficient (Wildman–Crippen LogP) is 26.1. The lowest BCUT2D eigenvalue weighted by Crippen LogP contribution is -2.30. The lowest BCUT2D eigenvalue weighted by molar-refractivity contribution is -0.161. The molecule has 0 aliphatic rings. The number of ether oxygens (including phenoxy) is 4. The fourth-order valence-electron chi connectivity index (χ4n) is 13.4. The molecule has 0 heterocycles. The Morgan fingerprint density at radius 3 is 0.648 bits per heavy atom. The second-order valence-electron chi connectivity index (χ2n) is 32.4. The first kappa shape index (κ1) is 103. The molecule has 19 heteroatoms. The molecule has 0 amide bonds. The molecule has 0 aliphatic heterocycles. The number of carbonyl (C=O) groups is 4. The van der Waals surface area contributed by atoms with Crippen molar-refractivity contribution in [1.29, 1.82) is 0 Å². The molecule has 17 nitrogen and oxygen atoms in total. The summed E-state index contributed by atoms with van der Waals surface area (Å²) in [6.45, 7) is 12.0. The van der Waals surface area contributed by atoms with Crippen molar-refractivity contribution in [2.24, 2.45) is 17.8 Å². The topological polar surface area (TPSA) is 237 Å². The van der Waals surface area contributed by atoms with Crippen molar-refractivity contribution < 1.29 is 80.2 Å². The van der Waals surface area contributed by atoms with E-state index in [0.717, 1.165) is 108 Å². The van der Waals surface area contributed by atoms with Crippen LogP contribution in [0.25, 0.3) is 0 Å². The minimum atomic E-state index is -4.97. The Labute approximate surface area is 645 Å². The second kappa shape index (κ2) is 76.1. The summed E-state index contributed by atoms with van der Waals surface area (Å²) in [5, 5.41) is 10.7. The number of rotatable bonds is 84. The number of aliphatic hydroxyl groups is 1. The quantitative estimate of drug-likeness (QED) is 0.0222. The van der Waals surface area contributed by atoms with Crippen LogP contribution in [0.4, 0.5) is 0 Å². The molecule has 0 fully saturated rings. The Morgan fingerprint density at radius 2 is 0.438 bits per heavy atom. The third kappa shape index (κ3) is 79.9. The lowest BCUT2D eigenvalue weighted by Gasteiger charge is -2.21. The van der Waals surface area contributed by atoms with E-state index in [4.69, 9.17) is 37.0 Å². The summed E-state index contributed by atoms with van der Waals surface area (Å²) in [6, 6.07) is 0. The van der Waals surface area contributed by atoms with Gasteiger partial charge in [0.1, 0.15) is 19.3 Å². The van der Waals surface area contributed by atoms with Crippen molar-refractivity contribution >= 4 is 39.5 Å². The average Bonchev–Trinajstić information content (AvgIpc) is 0.903. The van der Waals surface area contributed by atoms with Gasteiger partial charge in [0.05, 0.1) is 26.4 Å². The molecule has 0 spiro atoms. The van der Waals surface area contributed by atoms with Crippen LogP contribution in [0.5, 0.6) is 0 Å². The van der Waals surface area contributed by atoms with E-state index in [1.807, 2.05) is 0 Å². The molecule has 0 saturated heterocycles. The first-order valence-electron chi connectivity index (χ1n) is 44.3. The van der Waals surface area contributed by atoms with Gasteiger partial charge in [0.25, 0.3) is 0 Å². The van der Waals surface area contributed by atoms with Gasteiger partial charge in [-0.15, -0.1) is 0 Å². The highest BCUT2D eigenvalue weighted by molar-refractivity contribution is 7.47. The van der Waals surface area contributed by atoms with Crippen molar-refractivity contribution in [3.05, 3.63) is 0 Å². The summed E-state index contributed by atoms with van der Waals surface area (Å²) in [5.74, 6) is 0.233. The molecule has 624 valence electrons. The van der Waals surface area contributed by atoms with Gasteiger partial charge in [-0.2, -0.15) is 0 Å². The van der Waals surface area contributed by atoms with E-state index in [2.05, 4.69) is 48.5 Å². The summed E-state index contributed by atoms with van der Waals surface area (Å²) in [6.07, 6.45) is 66.8. The van der Waals surface area contributed by atoms with Crippen LogP contribution in [-0.2, 0) is 65.4 Å². The smallest absolute Gasteiger partial charge is 0.462 e. The van der Waals surface area contributed by atoms with Gasteiger partial charge in [-0.1, -0.05) is 402 Å². The van der Waals surface area contributed by atoms with Crippen molar-refractivity contribution in [3.8, 4) is 0 Å². The molecule has 0 aromatic rings. The Morgan fingerprint density at radius 1 is 0.257 bits per heavy atom. The number of hydrogen-bond acceptors (Lipinski definition) is 15. The number of hydrogen-bond donors (Lipinski definition) is 3. The van der Waals surface area contributed by atoms with Crippen LogP contribution >= 0.6 is 15.6 Å². The molecule has 3 N–H and O–H groups in total. The van der Waals surface area contributed by atoms with Gasteiger partial charge in [0.2, 0.25) is 0 Å². The summed E-state index contributed by atoms with van der Waals surface area (Å²) in [4.78, 5) is 73.2. The third-order valence-electron chi connectivity index (χ3n) is 20.1. The van der Waals surface area contributed by atoms with Gasteiger partial charge in [-0.25, -0.2) is 9.13 Å². The first-order valence-corrected chi connectivity index (χ1v) is 47.3. The number of unbranched alkanes of at least 4 members (excludes halogenated alkanes) is 52. The highest BCUT2D eigenvalue weighted by Crippen LogP contribution is 2.45. The van der Waals surface area contributed by atoms with E-state index in [1.54, 1.807) is 0 Å². The Hall–Kier alpha value is -1.94. The van der Waals surface area contributed by atoms with Gasteiger partial charge >= 0.3 is 39.5 Å². The highest BCUT2D eigenvalue weighted by atomic mass is 31.2. The third-order valence-corrected chi connectivity index (χ3v) is 22.0. The zero-order valence-electron chi connectivity index (χ0n) is 69.2. The minimum absolute atomic E-state index is 0.107. The number of esters is 4. The van der Waals surface area contributed by atoms with E-state index >= 15 is 0 Å². The fraction of sp³-hybridized carbons (Fsp3) is 0.953. The average molecular weight is 1540 g/mol. The molecular weight excluding hydrogens is 1370 g/mol. The van der Waals surface area contributed by atoms with Crippen LogP contribution in [0, 0.1) is 17.8 Å². The van der Waals surface area contributed by atoms with E-state index in [1.165, 1.54) is 257 Å². The van der Waals surface area contributed by atoms with Crippen molar-refractivity contribution in [1.82, 2.24) is 0 Å². The molecule has 2 unspecified atom stereocenters. The van der Waals surface area contributed by atoms with Crippen LogP contribution in [0.3, 0.4) is 0 Å². The van der Waals surface area contributed by atoms with Gasteiger partial charge in [-0.3, -0.25) is 37.3 Å². The Bertz CT molecular complexity index is 2030. The molecule has 0 rings (SSSR count). The first-order chi connectivity index (χ1) is 50.7. The summed E-state index contributed by atoms with van der Waals surface area (Å²) < 4.78 is 68.9. The number of aliphatic hydroxyl groups excluding tert-OH is 1. The van der Waals surface area contributed by atoms with E-state index < -0.39 is 97.5 Å². The molecular formula is C86H168O17P2. The maximum absolute atomic E-state index is 13.1. The summed E-state index contributed by atoms with van der Waals surface area (Å²) >= 11 is 0. The molecule has 105 heavy (non-hydrogen) atoms. The van der Waals surface area contributed by atoms with Crippen molar-refractivity contribution in [2.45, 2.75) is 471 Å². The minimum Gasteiger partial charge on any atom is -0.462 e. The van der Waals surface area contributed by atoms with Gasteiger partial charge < -0.3 is 33.8 Å². The van der Waals surface area contributed by atoms with E-state index in [-0.39, 0.29) is 25.7 Å². The summed E-state index contributed by atoms with van der Waals surface area (Å²) in [5.41, 5.74) is 0. The molecule has 0 aromatic carbocycles. The SMILES string of the molecule is CCCCCCCCCCCCCCCCCC(=O)O[C@H](COC(=O)CCCCCCCCCC(C)C)COP(=O)(O)OC[C@H](O)COP(=O)(O)OC[C@@H](COC(=O)CCCCCCCCCCCCCCCCCCC(C)C)OC(=O)CCCCCCCCCCCCCCCCCCCCC(C)C. The van der Waals surface area contributed by atoms with Gasteiger partial charge in [0, 0.05) is 25.7 Å². The van der Waals surface area contributed by atoms with Crippen LogP contribution in [0.1, 0.15) is 453 Å². The van der Waals surface area contributed by atoms with Crippen molar-refractivity contribution in [3.63, 3.8) is 0 Å². The van der Waals surface area contributed by atoms with Crippen LogP contribution in [0.15, 0.2) is 0 Å². The lowest BCUT2D eigenvalue weighted by atomic mass is 10.0. The maximum atomic E-state index is 13.1. The highest BCUT2D eigenvalue weighted by Gasteiger charge is 2.30. The normalized spacial score (nSPS) is 13.9. The standard InChI is InChI=1S/C86H168O17P2/c1-8-9-10-11-12-13-14-15-22-30-35-40-47-55-62-69-86(91)103-82(74-97-84(89)68-61-54-49-42-45-52-59-66-79(6)7)76-101-105(94,95)99-72-80(87)71-98-104(92,93)100-75-81(73-96-83(88)67-60-53-46-39-34-29-25-21-20-24-28-33-38-44-51-58-65-78(4)5)102-85(90)70-63-56-48-41-36-31-26-19-17-16-18-23-27-32-37-43-50-57-64-77(2)3/h77-82,87H,8-76H2,1-7H3,(H,92,93)(H,94,95)/t80-,81-,82-/m1/s1. The van der Waals surface area contributed by atoms with Crippen molar-refractivity contribution in [2.75, 3.05) is 39.6 Å². The monoisotopic (exact) mass is 1540 g/mol. The van der Waals surface area contributed by atoms with Crippen LogP contribution in [0.2, 0.25) is 0 Å². The van der Waals surface area contributed by atoms with Crippen LogP contribution < -0.4 is 0 Å². The zero-order valence-corrected chi connectivity index (χ0v) is 71.0. The zero-order chi connectivity index (χ0) is 77.2. The number of phosphoric acid groups is 2. The molecule has 0 bridgehead atoms. The fourth-order valence-corrected chi connectivity index (χ4v) is 14.9. The van der Waals surface area contributed by atoms with E-state index in [9.17, 15) is 43.2 Å². The summed E-state index contributed by atoms with van der Waals surface area (Å²) in [7, 11) is -9.93. The molecule has 0 radical (unpaired) electrons. The van der Waals surface area contributed by atoms with E-state index in [0.29, 0.717) is 31.6 Å². The Kier molecular flexibility index (Phi) is 74.7. The molecule has 5 atom stereocenters. The number of carbonyl (C=O) groups excluding carboxylic acids is 4.